The van der Waals surface area contributed by atoms with Crippen LogP contribution in [0.25, 0.3) is 11.0 Å². The van der Waals surface area contributed by atoms with Crippen molar-refractivity contribution in [2.24, 2.45) is 0 Å². The first-order chi connectivity index (χ1) is 11.8. The molecule has 2 aromatic carbocycles. The number of amides is 1. The number of carbonyl (C=O) groups excluding carboxylic acids is 1. The summed E-state index contributed by atoms with van der Waals surface area (Å²) in [7, 11) is 0. The van der Waals surface area contributed by atoms with Crippen molar-refractivity contribution in [3.63, 3.8) is 0 Å². The molecular weight excluding hydrogens is 334 g/mol. The smallest absolute Gasteiger partial charge is 0.265 e. The number of carbonyl (C=O) groups is 1. The minimum atomic E-state index is -0.623. The van der Waals surface area contributed by atoms with Crippen LogP contribution in [-0.2, 0) is 10.2 Å². The van der Waals surface area contributed by atoms with Gasteiger partial charge in [-0.2, -0.15) is 8.75 Å². The lowest BCUT2D eigenvalue weighted by molar-refractivity contribution is -0.122. The van der Waals surface area contributed by atoms with Crippen LogP contribution in [-0.4, -0.2) is 20.8 Å². The molecular formula is C19H21N3O2S. The largest absolute Gasteiger partial charge is 0.481 e. The molecule has 0 aliphatic heterocycles. The molecule has 6 heteroatoms. The fraction of sp³-hybridized carbons (Fsp3) is 0.316. The maximum atomic E-state index is 12.4. The van der Waals surface area contributed by atoms with Crippen LogP contribution in [0.5, 0.6) is 5.75 Å². The van der Waals surface area contributed by atoms with Crippen LogP contribution in [0.1, 0.15) is 33.3 Å². The molecule has 1 unspecified atom stereocenters. The van der Waals surface area contributed by atoms with Crippen molar-refractivity contribution in [1.82, 2.24) is 8.75 Å². The predicted octanol–water partition coefficient (Wildman–Crippen LogP) is 4.39. The molecule has 1 atom stereocenters. The molecule has 1 heterocycles. The maximum absolute atomic E-state index is 12.4. The highest BCUT2D eigenvalue weighted by molar-refractivity contribution is 7.00. The quantitative estimate of drug-likeness (QED) is 0.753. The Bertz CT molecular complexity index is 882. The van der Waals surface area contributed by atoms with E-state index < -0.39 is 6.10 Å². The van der Waals surface area contributed by atoms with E-state index in [4.69, 9.17) is 4.74 Å². The Morgan fingerprint density at radius 1 is 1.12 bits per heavy atom. The first-order valence-corrected chi connectivity index (χ1v) is 8.87. The molecule has 0 fully saturated rings. The van der Waals surface area contributed by atoms with E-state index in [9.17, 15) is 4.79 Å². The molecule has 0 saturated carbocycles. The number of anilines is 1. The highest BCUT2D eigenvalue weighted by Gasteiger charge is 2.18. The zero-order chi connectivity index (χ0) is 18.0. The van der Waals surface area contributed by atoms with Gasteiger partial charge in [-0.1, -0.05) is 39.0 Å². The van der Waals surface area contributed by atoms with Gasteiger partial charge in [0.15, 0.2) is 6.10 Å². The molecule has 0 radical (unpaired) electrons. The van der Waals surface area contributed by atoms with Gasteiger partial charge in [-0.15, -0.1) is 0 Å². The second-order valence-electron chi connectivity index (χ2n) is 6.96. The number of rotatable bonds is 4. The Labute approximate surface area is 151 Å². The van der Waals surface area contributed by atoms with E-state index >= 15 is 0 Å². The van der Waals surface area contributed by atoms with Gasteiger partial charge >= 0.3 is 0 Å². The Morgan fingerprint density at radius 2 is 1.84 bits per heavy atom. The van der Waals surface area contributed by atoms with Gasteiger partial charge in [0.2, 0.25) is 0 Å². The lowest BCUT2D eigenvalue weighted by atomic mass is 9.87. The highest BCUT2D eigenvalue weighted by Crippen LogP contribution is 2.25. The third-order valence-electron chi connectivity index (χ3n) is 3.95. The molecule has 3 aromatic rings. The number of hydrogen-bond acceptors (Lipinski definition) is 5. The van der Waals surface area contributed by atoms with Gasteiger partial charge in [-0.25, -0.2) is 0 Å². The van der Waals surface area contributed by atoms with Crippen molar-refractivity contribution < 1.29 is 9.53 Å². The molecule has 1 amide bonds. The molecule has 0 spiro atoms. The van der Waals surface area contributed by atoms with Crippen LogP contribution >= 0.6 is 11.7 Å². The minimum Gasteiger partial charge on any atom is -0.481 e. The van der Waals surface area contributed by atoms with E-state index in [2.05, 4.69) is 34.8 Å². The zero-order valence-electron chi connectivity index (χ0n) is 14.7. The van der Waals surface area contributed by atoms with E-state index in [-0.39, 0.29) is 11.3 Å². The summed E-state index contributed by atoms with van der Waals surface area (Å²) >= 11 is 1.13. The Kier molecular flexibility index (Phi) is 4.72. The average molecular weight is 355 g/mol. The summed E-state index contributed by atoms with van der Waals surface area (Å²) in [6.45, 7) is 8.21. The van der Waals surface area contributed by atoms with Gasteiger partial charge in [-0.05, 0) is 42.2 Å². The van der Waals surface area contributed by atoms with Crippen molar-refractivity contribution in [2.75, 3.05) is 5.32 Å². The number of aromatic nitrogens is 2. The van der Waals surface area contributed by atoms with Crippen molar-refractivity contribution >= 4 is 34.4 Å². The van der Waals surface area contributed by atoms with Crippen LogP contribution in [0.4, 0.5) is 5.69 Å². The van der Waals surface area contributed by atoms with Gasteiger partial charge in [0.1, 0.15) is 16.8 Å². The topological polar surface area (TPSA) is 64.1 Å². The first-order valence-electron chi connectivity index (χ1n) is 8.14. The molecule has 1 aromatic heterocycles. The number of fused-ring (bicyclic) bond motifs is 1. The fourth-order valence-corrected chi connectivity index (χ4v) is 2.98. The standard InChI is InChI=1S/C19H21N3O2S/c1-12(24-14-10-8-13(9-11-14)19(2,3)4)18(23)20-15-6-5-7-16-17(15)22-25-21-16/h5-12H,1-4H3,(H,20,23). The molecule has 0 saturated heterocycles. The number of benzene rings is 2. The van der Waals surface area contributed by atoms with E-state index in [0.717, 1.165) is 17.2 Å². The summed E-state index contributed by atoms with van der Waals surface area (Å²) < 4.78 is 14.2. The monoisotopic (exact) mass is 355 g/mol. The summed E-state index contributed by atoms with van der Waals surface area (Å²) in [5.74, 6) is 0.449. The van der Waals surface area contributed by atoms with Crippen molar-refractivity contribution in [3.8, 4) is 5.75 Å². The van der Waals surface area contributed by atoms with Gasteiger partial charge in [-0.3, -0.25) is 4.79 Å². The molecule has 0 aliphatic rings. The maximum Gasteiger partial charge on any atom is 0.265 e. The molecule has 25 heavy (non-hydrogen) atoms. The second-order valence-corrected chi connectivity index (χ2v) is 7.49. The average Bonchev–Trinajstić information content (AvgIpc) is 3.04. The summed E-state index contributed by atoms with van der Waals surface area (Å²) in [5, 5.41) is 2.87. The number of nitrogens with zero attached hydrogens (tertiary/aromatic N) is 2. The predicted molar refractivity (Wildman–Crippen MR) is 101 cm³/mol. The number of ether oxygens (including phenoxy) is 1. The van der Waals surface area contributed by atoms with Gasteiger partial charge < -0.3 is 10.1 Å². The van der Waals surface area contributed by atoms with Gasteiger partial charge in [0.05, 0.1) is 17.4 Å². The lowest BCUT2D eigenvalue weighted by Crippen LogP contribution is -2.30. The zero-order valence-corrected chi connectivity index (χ0v) is 15.6. The van der Waals surface area contributed by atoms with Crippen LogP contribution in [0.2, 0.25) is 0 Å². The third kappa shape index (κ3) is 3.96. The highest BCUT2D eigenvalue weighted by atomic mass is 32.1. The Hall–Kier alpha value is -2.47. The van der Waals surface area contributed by atoms with Crippen LogP contribution in [0.15, 0.2) is 42.5 Å². The van der Waals surface area contributed by atoms with E-state index in [1.165, 1.54) is 5.56 Å². The normalized spacial score (nSPS) is 12.8. The van der Waals surface area contributed by atoms with Gasteiger partial charge in [0.25, 0.3) is 5.91 Å². The molecule has 1 N–H and O–H groups in total. The molecule has 130 valence electrons. The Balaban J connectivity index is 1.67. The molecule has 3 rings (SSSR count). The van der Waals surface area contributed by atoms with Crippen molar-refractivity contribution in [3.05, 3.63) is 48.0 Å². The Morgan fingerprint density at radius 3 is 2.52 bits per heavy atom. The van der Waals surface area contributed by atoms with E-state index in [1.807, 2.05) is 42.5 Å². The minimum absolute atomic E-state index is 0.0851. The fourth-order valence-electron chi connectivity index (χ4n) is 2.43. The lowest BCUT2D eigenvalue weighted by Gasteiger charge is -2.20. The first kappa shape index (κ1) is 17.4. The summed E-state index contributed by atoms with van der Waals surface area (Å²) in [4.78, 5) is 12.4. The third-order valence-corrected chi connectivity index (χ3v) is 4.49. The van der Waals surface area contributed by atoms with E-state index in [0.29, 0.717) is 17.0 Å². The van der Waals surface area contributed by atoms with Crippen LogP contribution in [0, 0.1) is 0 Å². The number of hydrogen-bond donors (Lipinski definition) is 1. The number of nitrogens with one attached hydrogen (secondary N) is 1. The van der Waals surface area contributed by atoms with Crippen molar-refractivity contribution in [1.29, 1.82) is 0 Å². The van der Waals surface area contributed by atoms with Crippen molar-refractivity contribution in [2.45, 2.75) is 39.2 Å². The summed E-state index contributed by atoms with van der Waals surface area (Å²) in [5.41, 5.74) is 3.42. The summed E-state index contributed by atoms with van der Waals surface area (Å²) in [6, 6.07) is 13.4. The molecule has 0 aliphatic carbocycles. The second kappa shape index (κ2) is 6.80. The van der Waals surface area contributed by atoms with Crippen LogP contribution in [0.3, 0.4) is 0 Å². The van der Waals surface area contributed by atoms with Crippen LogP contribution < -0.4 is 10.1 Å². The molecule has 0 bridgehead atoms. The SMILES string of the molecule is CC(Oc1ccc(C(C)(C)C)cc1)C(=O)Nc1cccc2nsnc12. The van der Waals surface area contributed by atoms with E-state index in [1.54, 1.807) is 6.92 Å². The molecule has 5 nitrogen and oxygen atoms in total. The van der Waals surface area contributed by atoms with Gasteiger partial charge in [0, 0.05) is 0 Å². The summed E-state index contributed by atoms with van der Waals surface area (Å²) in [6.07, 6.45) is -0.623.